The minimum Gasteiger partial charge on any atom is -0.245 e. The molecule has 0 aromatic rings. The Labute approximate surface area is 64.8 Å². The molecule has 0 fully saturated rings. The molecule has 0 rings (SSSR count). The number of rotatable bonds is 3. The first-order chi connectivity index (χ1) is 4.56. The van der Waals surface area contributed by atoms with E-state index in [1.54, 1.807) is 13.8 Å². The first-order valence-corrected chi connectivity index (χ1v) is 4.25. The van der Waals surface area contributed by atoms with E-state index in [4.69, 9.17) is 0 Å². The van der Waals surface area contributed by atoms with Gasteiger partial charge >= 0.3 is 0 Å². The summed E-state index contributed by atoms with van der Waals surface area (Å²) in [6.45, 7) is 9.33. The Morgan fingerprint density at radius 1 is 1.20 bits per heavy atom. The molecule has 0 bridgehead atoms. The number of hydrogen-bond donors (Lipinski definition) is 0. The van der Waals surface area contributed by atoms with Crippen LogP contribution in [0.15, 0.2) is 0 Å². The summed E-state index contributed by atoms with van der Waals surface area (Å²) in [5, 5.41) is 0. The lowest BCUT2D eigenvalue weighted by molar-refractivity contribution is 0.197. The molecule has 0 unspecified atom stereocenters. The fraction of sp³-hybridized carbons (Fsp3) is 1.00. The van der Waals surface area contributed by atoms with Gasteiger partial charge in [-0.2, -0.15) is 0 Å². The zero-order valence-corrected chi connectivity index (χ0v) is 8.00. The molecule has 1 heteroatoms. The zero-order chi connectivity index (χ0) is 8.62. The molecule has 0 heterocycles. The molecule has 0 aliphatic carbocycles. The van der Waals surface area contributed by atoms with Gasteiger partial charge in [0.15, 0.2) is 0 Å². The quantitative estimate of drug-likeness (QED) is 0.568. The van der Waals surface area contributed by atoms with E-state index in [2.05, 4.69) is 6.92 Å². The van der Waals surface area contributed by atoms with Crippen LogP contribution >= 0.6 is 0 Å². The highest BCUT2D eigenvalue weighted by molar-refractivity contribution is 4.64. The van der Waals surface area contributed by atoms with Crippen LogP contribution < -0.4 is 0 Å². The van der Waals surface area contributed by atoms with Gasteiger partial charge in [-0.3, -0.25) is 0 Å². The van der Waals surface area contributed by atoms with Crippen molar-refractivity contribution in [1.29, 1.82) is 0 Å². The third-order valence-corrected chi connectivity index (χ3v) is 1.12. The zero-order valence-electron chi connectivity index (χ0n) is 8.00. The maximum atomic E-state index is 12.6. The minimum absolute atomic E-state index is 0.698. The number of unbranched alkanes of at least 4 members (excludes halogenated alkanes) is 1. The van der Waals surface area contributed by atoms with E-state index in [0.717, 1.165) is 12.8 Å². The summed E-state index contributed by atoms with van der Waals surface area (Å²) in [6.07, 6.45) is 2.79. The Bertz CT molecular complexity index is 52.2. The standard InChI is InChI=1S/C7H15F.C2H6/c1-4-5-6-7(2,3)8;1-2/h4-6H2,1-3H3;1-2H3. The summed E-state index contributed by atoms with van der Waals surface area (Å²) >= 11 is 0. The van der Waals surface area contributed by atoms with Crippen molar-refractivity contribution in [1.82, 2.24) is 0 Å². The Morgan fingerprint density at radius 3 is 1.70 bits per heavy atom. The van der Waals surface area contributed by atoms with Crippen LogP contribution in [0.25, 0.3) is 0 Å². The second-order valence-corrected chi connectivity index (χ2v) is 2.82. The van der Waals surface area contributed by atoms with Gasteiger partial charge < -0.3 is 0 Å². The molecule has 0 aromatic carbocycles. The van der Waals surface area contributed by atoms with Crippen molar-refractivity contribution < 1.29 is 4.39 Å². The van der Waals surface area contributed by atoms with Crippen LogP contribution in [0.4, 0.5) is 4.39 Å². The SMILES string of the molecule is CC.CCCCC(C)(C)F. The smallest absolute Gasteiger partial charge is 0.105 e. The van der Waals surface area contributed by atoms with Crippen LogP contribution in [0.5, 0.6) is 0 Å². The largest absolute Gasteiger partial charge is 0.245 e. The van der Waals surface area contributed by atoms with Crippen LogP contribution in [0.2, 0.25) is 0 Å². The van der Waals surface area contributed by atoms with E-state index in [-0.39, 0.29) is 0 Å². The molecular formula is C9H21F. The van der Waals surface area contributed by atoms with Gasteiger partial charge in [-0.1, -0.05) is 33.6 Å². The minimum atomic E-state index is -0.948. The molecule has 0 saturated carbocycles. The Hall–Kier alpha value is -0.0700. The molecule has 0 N–H and O–H groups in total. The highest BCUT2D eigenvalue weighted by Crippen LogP contribution is 2.16. The molecule has 0 atom stereocenters. The normalized spacial score (nSPS) is 10.2. The molecule has 64 valence electrons. The third kappa shape index (κ3) is 15.7. The molecule has 0 spiro atoms. The molecule has 0 amide bonds. The molecule has 0 aliphatic heterocycles. The highest BCUT2D eigenvalue weighted by atomic mass is 19.1. The molecule has 0 aromatic heterocycles. The van der Waals surface area contributed by atoms with Crippen molar-refractivity contribution in [3.05, 3.63) is 0 Å². The summed E-state index contributed by atoms with van der Waals surface area (Å²) in [5.74, 6) is 0. The third-order valence-electron chi connectivity index (χ3n) is 1.12. The molecular weight excluding hydrogens is 127 g/mol. The summed E-state index contributed by atoms with van der Waals surface area (Å²) in [6, 6.07) is 0. The number of alkyl halides is 1. The van der Waals surface area contributed by atoms with E-state index in [1.807, 2.05) is 13.8 Å². The van der Waals surface area contributed by atoms with E-state index in [9.17, 15) is 4.39 Å². The molecule has 0 radical (unpaired) electrons. The fourth-order valence-electron chi connectivity index (χ4n) is 0.597. The van der Waals surface area contributed by atoms with Crippen LogP contribution in [-0.4, -0.2) is 5.67 Å². The van der Waals surface area contributed by atoms with Gasteiger partial charge in [0.05, 0.1) is 0 Å². The Morgan fingerprint density at radius 2 is 1.60 bits per heavy atom. The lowest BCUT2D eigenvalue weighted by atomic mass is 10.0. The average molecular weight is 148 g/mol. The van der Waals surface area contributed by atoms with E-state index in [0.29, 0.717) is 6.42 Å². The second kappa shape index (κ2) is 7.04. The van der Waals surface area contributed by atoms with E-state index < -0.39 is 5.67 Å². The van der Waals surface area contributed by atoms with Crippen LogP contribution in [0, 0.1) is 0 Å². The Balaban J connectivity index is 0. The first-order valence-electron chi connectivity index (χ1n) is 4.25. The Kier molecular flexibility index (Phi) is 8.87. The number of halogens is 1. The van der Waals surface area contributed by atoms with Gasteiger partial charge in [-0.15, -0.1) is 0 Å². The molecule has 0 nitrogen and oxygen atoms in total. The monoisotopic (exact) mass is 148 g/mol. The lowest BCUT2D eigenvalue weighted by Crippen LogP contribution is -2.10. The van der Waals surface area contributed by atoms with Gasteiger partial charge in [0.2, 0.25) is 0 Å². The lowest BCUT2D eigenvalue weighted by Gasteiger charge is -2.11. The van der Waals surface area contributed by atoms with Gasteiger partial charge in [-0.25, -0.2) is 4.39 Å². The summed E-state index contributed by atoms with van der Waals surface area (Å²) in [4.78, 5) is 0. The first kappa shape index (κ1) is 12.6. The van der Waals surface area contributed by atoms with Crippen molar-refractivity contribution in [2.45, 2.75) is 59.5 Å². The molecule has 10 heavy (non-hydrogen) atoms. The topological polar surface area (TPSA) is 0 Å². The molecule has 0 saturated heterocycles. The maximum Gasteiger partial charge on any atom is 0.105 e. The van der Waals surface area contributed by atoms with Gasteiger partial charge in [0, 0.05) is 0 Å². The average Bonchev–Trinajstić information content (AvgIpc) is 1.87. The predicted molar refractivity (Wildman–Crippen MR) is 46.1 cm³/mol. The van der Waals surface area contributed by atoms with Crippen LogP contribution in [0.1, 0.15) is 53.9 Å². The van der Waals surface area contributed by atoms with Crippen molar-refractivity contribution in [2.24, 2.45) is 0 Å². The molecule has 0 aliphatic rings. The number of hydrogen-bond acceptors (Lipinski definition) is 0. The second-order valence-electron chi connectivity index (χ2n) is 2.82. The summed E-state index contributed by atoms with van der Waals surface area (Å²) in [5.41, 5.74) is -0.948. The van der Waals surface area contributed by atoms with Crippen LogP contribution in [0.3, 0.4) is 0 Å². The van der Waals surface area contributed by atoms with E-state index in [1.165, 1.54) is 0 Å². The summed E-state index contributed by atoms with van der Waals surface area (Å²) < 4.78 is 12.6. The van der Waals surface area contributed by atoms with Gasteiger partial charge in [0.1, 0.15) is 5.67 Å². The maximum absolute atomic E-state index is 12.6. The van der Waals surface area contributed by atoms with Crippen molar-refractivity contribution >= 4 is 0 Å². The summed E-state index contributed by atoms with van der Waals surface area (Å²) in [7, 11) is 0. The van der Waals surface area contributed by atoms with Crippen molar-refractivity contribution in [3.63, 3.8) is 0 Å². The highest BCUT2D eigenvalue weighted by Gasteiger charge is 2.12. The van der Waals surface area contributed by atoms with Crippen molar-refractivity contribution in [3.8, 4) is 0 Å². The van der Waals surface area contributed by atoms with Gasteiger partial charge in [0.25, 0.3) is 0 Å². The predicted octanol–water partition coefficient (Wildman–Crippen LogP) is 3.95. The van der Waals surface area contributed by atoms with Gasteiger partial charge in [-0.05, 0) is 20.3 Å². The van der Waals surface area contributed by atoms with Crippen molar-refractivity contribution in [2.75, 3.05) is 0 Å². The van der Waals surface area contributed by atoms with Crippen LogP contribution in [-0.2, 0) is 0 Å². The fourth-order valence-corrected chi connectivity index (χ4v) is 0.597. The van der Waals surface area contributed by atoms with E-state index >= 15 is 0 Å².